The predicted octanol–water partition coefficient (Wildman–Crippen LogP) is 5.83. The van der Waals surface area contributed by atoms with Crippen LogP contribution in [0, 0.1) is 0 Å². The van der Waals surface area contributed by atoms with E-state index in [-0.39, 0.29) is 27.4 Å². The van der Waals surface area contributed by atoms with Gasteiger partial charge in [0.15, 0.2) is 23.4 Å². The van der Waals surface area contributed by atoms with Gasteiger partial charge < -0.3 is 29.4 Å². The lowest BCUT2D eigenvalue weighted by Gasteiger charge is -2.45. The van der Waals surface area contributed by atoms with Crippen molar-refractivity contribution in [2.24, 2.45) is 10.8 Å². The number of nitrogens with two attached hydrogens (primary N) is 1. The summed E-state index contributed by atoms with van der Waals surface area (Å²) in [6, 6.07) is 39.7. The number of nitrogens with one attached hydrogen (secondary N) is 1. The summed E-state index contributed by atoms with van der Waals surface area (Å²) in [6.45, 7) is -0.439. The maximum absolute atomic E-state index is 13.8. The lowest BCUT2D eigenvalue weighted by Crippen LogP contribution is -2.59. The van der Waals surface area contributed by atoms with E-state index >= 15 is 0 Å². The molecule has 278 valence electrons. The van der Waals surface area contributed by atoms with Gasteiger partial charge in [-0.3, -0.25) is 5.43 Å². The van der Waals surface area contributed by atoms with Crippen LogP contribution in [0.15, 0.2) is 151 Å². The molecule has 1 fully saturated rings. The van der Waals surface area contributed by atoms with E-state index in [0.29, 0.717) is 11.1 Å². The monoisotopic (exact) mass is 757 g/mol. The first kappa shape index (κ1) is 38.0. The lowest BCUT2D eigenvalue weighted by molar-refractivity contribution is -0.231. The van der Waals surface area contributed by atoms with Crippen LogP contribution in [0.2, 0.25) is 0 Å². The molecule has 13 heteroatoms. The van der Waals surface area contributed by atoms with Crippen LogP contribution in [0.4, 0.5) is 0 Å². The molecule has 12 nitrogen and oxygen atoms in total. The lowest BCUT2D eigenvalue weighted by atomic mass is 9.90. The molecule has 0 unspecified atom stereocenters. The van der Waals surface area contributed by atoms with Crippen LogP contribution in [0.1, 0.15) is 58.7 Å². The van der Waals surface area contributed by atoms with Crippen LogP contribution in [0.3, 0.4) is 0 Å². The average Bonchev–Trinajstić information content (AvgIpc) is 3.22. The third-order valence-corrected chi connectivity index (χ3v) is 8.52. The Hall–Kier alpha value is -6.70. The molecule has 6 rings (SSSR count). The van der Waals surface area contributed by atoms with Crippen molar-refractivity contribution in [3.8, 4) is 0 Å². The highest BCUT2D eigenvalue weighted by Crippen LogP contribution is 2.39. The number of hydrogen-bond donors (Lipinski definition) is 2. The highest BCUT2D eigenvalue weighted by molar-refractivity contribution is 7.80. The second-order valence-corrected chi connectivity index (χ2v) is 12.6. The Morgan fingerprint density at radius 1 is 0.600 bits per heavy atom. The van der Waals surface area contributed by atoms with Crippen molar-refractivity contribution in [3.05, 3.63) is 179 Å². The number of benzene rings is 5. The molecule has 0 aromatic heterocycles. The second-order valence-electron chi connectivity index (χ2n) is 12.2. The number of thiocarbonyl (C=S) groups is 1. The maximum Gasteiger partial charge on any atom is 0.338 e. The Labute approximate surface area is 321 Å². The molecule has 0 radical (unpaired) electrons. The van der Waals surface area contributed by atoms with Gasteiger partial charge in [-0.25, -0.2) is 19.2 Å². The van der Waals surface area contributed by atoms with E-state index in [0.717, 1.165) is 0 Å². The van der Waals surface area contributed by atoms with Crippen LogP contribution in [-0.4, -0.2) is 66.2 Å². The van der Waals surface area contributed by atoms with Crippen molar-refractivity contribution in [2.75, 3.05) is 6.61 Å². The number of carbonyl (C=O) groups is 4. The summed E-state index contributed by atoms with van der Waals surface area (Å²) in [5, 5.41) is 3.98. The number of hydrazone groups is 1. The Balaban J connectivity index is 1.43. The largest absolute Gasteiger partial charge is 0.459 e. The smallest absolute Gasteiger partial charge is 0.338 e. The normalized spacial score (nSPS) is 19.1. The van der Waals surface area contributed by atoms with E-state index in [9.17, 15) is 19.2 Å². The molecule has 55 heavy (non-hydrogen) atoms. The van der Waals surface area contributed by atoms with Gasteiger partial charge in [0.05, 0.1) is 28.5 Å². The van der Waals surface area contributed by atoms with Crippen LogP contribution in [-0.2, 0) is 23.7 Å². The molecule has 5 aromatic rings. The fraction of sp³-hybridized carbons (Fsp3) is 0.143. The third kappa shape index (κ3) is 10.0. The number of rotatable bonds is 12. The zero-order valence-corrected chi connectivity index (χ0v) is 30.0. The van der Waals surface area contributed by atoms with Crippen LogP contribution in [0.5, 0.6) is 0 Å². The first-order chi connectivity index (χ1) is 26.8. The highest BCUT2D eigenvalue weighted by Gasteiger charge is 2.53. The summed E-state index contributed by atoms with van der Waals surface area (Å²) in [5.74, 6) is -2.99. The number of carbonyl (C=O) groups excluding carboxylic acids is 4. The number of nitrogens with zero attached hydrogens (tertiary/aromatic N) is 1. The average molecular weight is 758 g/mol. The summed E-state index contributed by atoms with van der Waals surface area (Å²) in [4.78, 5) is 54.5. The molecule has 1 aliphatic rings. The van der Waals surface area contributed by atoms with Crippen molar-refractivity contribution in [1.82, 2.24) is 5.43 Å². The van der Waals surface area contributed by atoms with Crippen LogP contribution < -0.4 is 11.2 Å². The second kappa shape index (κ2) is 18.4. The topological polar surface area (TPSA) is 165 Å². The van der Waals surface area contributed by atoms with E-state index in [4.69, 9.17) is 41.6 Å². The minimum Gasteiger partial charge on any atom is -0.459 e. The quantitative estimate of drug-likeness (QED) is 0.0516. The van der Waals surface area contributed by atoms with Crippen molar-refractivity contribution in [2.45, 2.75) is 30.5 Å². The molecular weight excluding hydrogens is 723 g/mol. The molecule has 1 aliphatic heterocycles. The minimum absolute atomic E-state index is 0.0100. The summed E-state index contributed by atoms with van der Waals surface area (Å²) < 4.78 is 30.8. The van der Waals surface area contributed by atoms with E-state index in [2.05, 4.69) is 10.5 Å². The van der Waals surface area contributed by atoms with Crippen LogP contribution in [0.25, 0.3) is 0 Å². The summed E-state index contributed by atoms with van der Waals surface area (Å²) in [7, 11) is 0. The van der Waals surface area contributed by atoms with Gasteiger partial charge in [-0.2, -0.15) is 5.10 Å². The van der Waals surface area contributed by atoms with Crippen LogP contribution >= 0.6 is 12.2 Å². The van der Waals surface area contributed by atoms with E-state index in [1.54, 1.807) is 146 Å². The van der Waals surface area contributed by atoms with Gasteiger partial charge in [-0.15, -0.1) is 0 Å². The van der Waals surface area contributed by atoms with Gasteiger partial charge in [-0.1, -0.05) is 97.1 Å². The SMILES string of the molecule is NC(=S)NN=Cc1ccc([C@@H]2O[C@H](COC(=O)c3ccccc3)[C@@H](OC(=O)c3ccccc3)[C@@H](OC(=O)c3ccccc3)[C@H]2OC(=O)c2ccccc2)cc1. The first-order valence-electron chi connectivity index (χ1n) is 17.1. The van der Waals surface area contributed by atoms with E-state index in [1.807, 2.05) is 0 Å². The Morgan fingerprint density at radius 2 is 1.02 bits per heavy atom. The summed E-state index contributed by atoms with van der Waals surface area (Å²) >= 11 is 4.81. The molecule has 0 spiro atoms. The van der Waals surface area contributed by atoms with Gasteiger partial charge in [0, 0.05) is 0 Å². The van der Waals surface area contributed by atoms with Gasteiger partial charge in [0.1, 0.15) is 18.8 Å². The zero-order chi connectivity index (χ0) is 38.6. The molecule has 1 saturated heterocycles. The fourth-order valence-electron chi connectivity index (χ4n) is 5.78. The fourth-order valence-corrected chi connectivity index (χ4v) is 5.83. The highest BCUT2D eigenvalue weighted by atomic mass is 32.1. The van der Waals surface area contributed by atoms with E-state index < -0.39 is 61.0 Å². The molecule has 3 N–H and O–H groups in total. The van der Waals surface area contributed by atoms with Gasteiger partial charge in [0.2, 0.25) is 0 Å². The molecule has 5 aromatic carbocycles. The van der Waals surface area contributed by atoms with Gasteiger partial charge in [0.25, 0.3) is 0 Å². The summed E-state index contributed by atoms with van der Waals surface area (Å²) in [5.41, 5.74) is 9.97. The van der Waals surface area contributed by atoms with Gasteiger partial charge in [-0.05, 0) is 71.9 Å². The predicted molar refractivity (Wildman–Crippen MR) is 205 cm³/mol. The Morgan fingerprint density at radius 3 is 1.47 bits per heavy atom. The number of esters is 4. The number of ether oxygens (including phenoxy) is 5. The summed E-state index contributed by atoms with van der Waals surface area (Å²) in [6.07, 6.45) is -5.22. The molecular formula is C42H35N3O9S. The third-order valence-electron chi connectivity index (χ3n) is 8.43. The molecule has 0 amide bonds. The molecule has 0 bridgehead atoms. The first-order valence-corrected chi connectivity index (χ1v) is 17.5. The standard InChI is InChI=1S/C42H35N3O9S/c43-42(55)45-44-25-27-21-23-28(24-22-27)34-36(53-40(48)31-17-9-3-10-18-31)37(54-41(49)32-19-11-4-12-20-32)35(52-39(47)30-15-7-2-8-16-30)33(51-34)26-50-38(46)29-13-5-1-6-14-29/h1-25,33-37H,26H2,(H3,43,45,55)/t33-,34+,35-,36+,37-/m1/s1. The van der Waals surface area contributed by atoms with Crippen molar-refractivity contribution in [1.29, 1.82) is 0 Å². The molecule has 1 heterocycles. The van der Waals surface area contributed by atoms with Crippen molar-refractivity contribution < 1.29 is 42.9 Å². The zero-order valence-electron chi connectivity index (χ0n) is 29.1. The Bertz CT molecular complexity index is 2120. The van der Waals surface area contributed by atoms with E-state index in [1.165, 1.54) is 6.21 Å². The molecule has 5 atom stereocenters. The Kier molecular flexibility index (Phi) is 12.7. The molecule has 0 saturated carbocycles. The molecule has 0 aliphatic carbocycles. The van der Waals surface area contributed by atoms with Gasteiger partial charge >= 0.3 is 23.9 Å². The maximum atomic E-state index is 13.8. The van der Waals surface area contributed by atoms with Crippen molar-refractivity contribution in [3.63, 3.8) is 0 Å². The van der Waals surface area contributed by atoms with Crippen molar-refractivity contribution >= 4 is 47.4 Å². The minimum atomic E-state index is -1.48. The number of hydrogen-bond acceptors (Lipinski definition) is 11.